The number of halogens is 1. The SMILES string of the molecule is CCC1C(Cn2cc(C)cn2)OC(=O)C1(c1ccccc1)c1ccccc1.Cl. The van der Waals surface area contributed by atoms with E-state index in [2.05, 4.69) is 12.0 Å². The predicted molar refractivity (Wildman–Crippen MR) is 112 cm³/mol. The number of hydrogen-bond donors (Lipinski definition) is 0. The van der Waals surface area contributed by atoms with E-state index in [1.54, 1.807) is 0 Å². The van der Waals surface area contributed by atoms with E-state index < -0.39 is 5.41 Å². The van der Waals surface area contributed by atoms with Gasteiger partial charge in [0.25, 0.3) is 0 Å². The molecule has 0 N–H and O–H groups in total. The second-order valence-electron chi connectivity index (χ2n) is 7.24. The first-order valence-electron chi connectivity index (χ1n) is 9.47. The third kappa shape index (κ3) is 3.22. The van der Waals surface area contributed by atoms with Crippen LogP contribution in [0.2, 0.25) is 0 Å². The van der Waals surface area contributed by atoms with Gasteiger partial charge in [0.1, 0.15) is 11.5 Å². The molecule has 5 heteroatoms. The fourth-order valence-corrected chi connectivity index (χ4v) is 4.46. The fourth-order valence-electron chi connectivity index (χ4n) is 4.46. The Labute approximate surface area is 171 Å². The van der Waals surface area contributed by atoms with Gasteiger partial charge in [-0.1, -0.05) is 67.6 Å². The Balaban J connectivity index is 0.00000225. The van der Waals surface area contributed by atoms with Crippen molar-refractivity contribution in [2.45, 2.75) is 38.3 Å². The van der Waals surface area contributed by atoms with Gasteiger partial charge in [0, 0.05) is 12.1 Å². The van der Waals surface area contributed by atoms with Gasteiger partial charge in [-0.3, -0.25) is 9.48 Å². The highest BCUT2D eigenvalue weighted by atomic mass is 35.5. The fraction of sp³-hybridized carbons (Fsp3) is 0.304. The lowest BCUT2D eigenvalue weighted by Gasteiger charge is -2.33. The largest absolute Gasteiger partial charge is 0.459 e. The monoisotopic (exact) mass is 396 g/mol. The summed E-state index contributed by atoms with van der Waals surface area (Å²) in [7, 11) is 0. The molecule has 0 aliphatic carbocycles. The number of rotatable bonds is 5. The minimum atomic E-state index is -0.788. The zero-order valence-electron chi connectivity index (χ0n) is 16.1. The van der Waals surface area contributed by atoms with Crippen molar-refractivity contribution in [1.82, 2.24) is 9.78 Å². The molecule has 4 nitrogen and oxygen atoms in total. The molecular formula is C23H25ClN2O2. The van der Waals surface area contributed by atoms with Gasteiger partial charge < -0.3 is 4.74 Å². The van der Waals surface area contributed by atoms with E-state index in [0.717, 1.165) is 23.1 Å². The number of carbonyl (C=O) groups is 1. The molecule has 1 aliphatic heterocycles. The second kappa shape index (κ2) is 8.19. The molecule has 2 atom stereocenters. The van der Waals surface area contributed by atoms with E-state index in [1.165, 1.54) is 0 Å². The molecule has 2 aromatic carbocycles. The highest BCUT2D eigenvalue weighted by molar-refractivity contribution is 5.90. The van der Waals surface area contributed by atoms with Crippen LogP contribution >= 0.6 is 12.4 Å². The lowest BCUT2D eigenvalue weighted by atomic mass is 9.64. The van der Waals surface area contributed by atoms with E-state index in [0.29, 0.717) is 6.54 Å². The van der Waals surface area contributed by atoms with E-state index in [-0.39, 0.29) is 30.4 Å². The summed E-state index contributed by atoms with van der Waals surface area (Å²) < 4.78 is 7.88. The quantitative estimate of drug-likeness (QED) is 0.594. The van der Waals surface area contributed by atoms with Crippen molar-refractivity contribution in [3.05, 3.63) is 89.7 Å². The number of cyclic esters (lactones) is 1. The normalized spacial score (nSPS) is 20.4. The van der Waals surface area contributed by atoms with Crippen molar-refractivity contribution in [2.24, 2.45) is 5.92 Å². The first-order chi connectivity index (χ1) is 13.2. The summed E-state index contributed by atoms with van der Waals surface area (Å²) >= 11 is 0. The van der Waals surface area contributed by atoms with Crippen LogP contribution in [-0.2, 0) is 21.5 Å². The van der Waals surface area contributed by atoms with E-state index in [9.17, 15) is 4.79 Å². The molecule has 2 unspecified atom stereocenters. The number of esters is 1. The zero-order valence-corrected chi connectivity index (χ0v) is 16.9. The molecule has 3 aromatic rings. The third-order valence-electron chi connectivity index (χ3n) is 5.61. The third-order valence-corrected chi connectivity index (χ3v) is 5.61. The molecule has 1 aliphatic rings. The Morgan fingerprint density at radius 1 is 1.04 bits per heavy atom. The Bertz CT molecular complexity index is 885. The number of hydrogen-bond acceptors (Lipinski definition) is 3. The first-order valence-corrected chi connectivity index (χ1v) is 9.47. The molecule has 0 bridgehead atoms. The van der Waals surface area contributed by atoms with Crippen LogP contribution in [-0.4, -0.2) is 21.9 Å². The van der Waals surface area contributed by atoms with Gasteiger partial charge in [0.2, 0.25) is 0 Å². The number of benzene rings is 2. The maximum Gasteiger partial charge on any atom is 0.321 e. The molecule has 0 spiro atoms. The van der Waals surface area contributed by atoms with Crippen molar-refractivity contribution in [2.75, 3.05) is 0 Å². The van der Waals surface area contributed by atoms with Crippen molar-refractivity contribution in [3.8, 4) is 0 Å². The number of carbonyl (C=O) groups excluding carboxylic acids is 1. The van der Waals surface area contributed by atoms with Gasteiger partial charge in [-0.2, -0.15) is 5.10 Å². The standard InChI is InChI=1S/C23H24N2O2.ClH/c1-3-20-21(16-25-15-17(2)14-24-25)27-22(26)23(20,18-10-6-4-7-11-18)19-12-8-5-9-13-19;/h4-15,20-21H,3,16H2,1-2H3;1H. The lowest BCUT2D eigenvalue weighted by molar-refractivity contribution is -0.145. The van der Waals surface area contributed by atoms with Crippen LogP contribution in [0.1, 0.15) is 30.0 Å². The van der Waals surface area contributed by atoms with Crippen LogP contribution in [0.25, 0.3) is 0 Å². The number of aromatic nitrogens is 2. The average molecular weight is 397 g/mol. The Hall–Kier alpha value is -2.59. The average Bonchev–Trinajstić information content (AvgIpc) is 3.23. The van der Waals surface area contributed by atoms with Gasteiger partial charge in [0.15, 0.2) is 0 Å². The van der Waals surface area contributed by atoms with Gasteiger partial charge in [-0.15, -0.1) is 12.4 Å². The summed E-state index contributed by atoms with van der Waals surface area (Å²) in [5, 5.41) is 4.39. The molecule has 1 saturated heterocycles. The Morgan fingerprint density at radius 3 is 2.07 bits per heavy atom. The molecule has 2 heterocycles. The van der Waals surface area contributed by atoms with Crippen molar-refractivity contribution in [3.63, 3.8) is 0 Å². The molecule has 1 fully saturated rings. The van der Waals surface area contributed by atoms with Crippen LogP contribution in [0.15, 0.2) is 73.1 Å². The second-order valence-corrected chi connectivity index (χ2v) is 7.24. The lowest BCUT2D eigenvalue weighted by Crippen LogP contribution is -2.41. The Morgan fingerprint density at radius 2 is 1.61 bits per heavy atom. The maximum absolute atomic E-state index is 13.4. The summed E-state index contributed by atoms with van der Waals surface area (Å²) in [4.78, 5) is 13.4. The highest BCUT2D eigenvalue weighted by Crippen LogP contribution is 2.49. The first kappa shape index (κ1) is 20.2. The van der Waals surface area contributed by atoms with Crippen molar-refractivity contribution < 1.29 is 9.53 Å². The zero-order chi connectivity index (χ0) is 18.9. The summed E-state index contributed by atoms with van der Waals surface area (Å²) in [5.74, 6) is -0.139. The molecule has 28 heavy (non-hydrogen) atoms. The summed E-state index contributed by atoms with van der Waals surface area (Å²) in [6.07, 6.45) is 4.44. The molecule has 4 rings (SSSR count). The molecule has 0 saturated carbocycles. The van der Waals surface area contributed by atoms with Gasteiger partial charge >= 0.3 is 5.97 Å². The maximum atomic E-state index is 13.4. The molecular weight excluding hydrogens is 372 g/mol. The molecule has 0 radical (unpaired) electrons. The van der Waals surface area contributed by atoms with Crippen LogP contribution in [0.3, 0.4) is 0 Å². The van der Waals surface area contributed by atoms with Gasteiger partial charge in [0.05, 0.1) is 12.7 Å². The minimum absolute atomic E-state index is 0. The predicted octanol–water partition coefficient (Wildman–Crippen LogP) is 4.55. The van der Waals surface area contributed by atoms with Crippen molar-refractivity contribution in [1.29, 1.82) is 0 Å². The number of nitrogens with zero attached hydrogens (tertiary/aromatic N) is 2. The van der Waals surface area contributed by atoms with Crippen LogP contribution in [0.5, 0.6) is 0 Å². The molecule has 1 aromatic heterocycles. The minimum Gasteiger partial charge on any atom is -0.459 e. The summed E-state index contributed by atoms with van der Waals surface area (Å²) in [5.41, 5.74) is 2.30. The van der Waals surface area contributed by atoms with E-state index >= 15 is 0 Å². The van der Waals surface area contributed by atoms with E-state index in [1.807, 2.05) is 84.7 Å². The smallest absolute Gasteiger partial charge is 0.321 e. The van der Waals surface area contributed by atoms with Crippen LogP contribution in [0, 0.1) is 12.8 Å². The topological polar surface area (TPSA) is 44.1 Å². The van der Waals surface area contributed by atoms with Gasteiger partial charge in [-0.05, 0) is 30.0 Å². The van der Waals surface area contributed by atoms with Gasteiger partial charge in [-0.25, -0.2) is 0 Å². The molecule has 0 amide bonds. The van der Waals surface area contributed by atoms with E-state index in [4.69, 9.17) is 4.74 Å². The number of aryl methyl sites for hydroxylation is 1. The summed E-state index contributed by atoms with van der Waals surface area (Å²) in [6, 6.07) is 20.1. The summed E-state index contributed by atoms with van der Waals surface area (Å²) in [6.45, 7) is 4.72. The number of ether oxygens (including phenoxy) is 1. The highest BCUT2D eigenvalue weighted by Gasteiger charge is 2.58. The van der Waals surface area contributed by atoms with Crippen LogP contribution < -0.4 is 0 Å². The van der Waals surface area contributed by atoms with Crippen molar-refractivity contribution >= 4 is 18.4 Å². The van der Waals surface area contributed by atoms with Crippen LogP contribution in [0.4, 0.5) is 0 Å². The molecule has 146 valence electrons. The Kier molecular flexibility index (Phi) is 5.90.